The lowest BCUT2D eigenvalue weighted by Crippen LogP contribution is -2.14. The first-order chi connectivity index (χ1) is 9.67. The number of hydrogen-bond donors (Lipinski definition) is 3. The first-order valence-corrected chi connectivity index (χ1v) is 7.67. The van der Waals surface area contributed by atoms with Crippen LogP contribution < -0.4 is 11.1 Å². The zero-order valence-electron chi connectivity index (χ0n) is 11.6. The van der Waals surface area contributed by atoms with Gasteiger partial charge in [-0.05, 0) is 24.8 Å². The summed E-state index contributed by atoms with van der Waals surface area (Å²) in [5.41, 5.74) is 8.23. The Labute approximate surface area is 122 Å². The van der Waals surface area contributed by atoms with Gasteiger partial charge in [0.05, 0.1) is 17.1 Å². The van der Waals surface area contributed by atoms with Crippen molar-refractivity contribution in [2.75, 3.05) is 17.3 Å². The minimum Gasteiger partial charge on any atom is -0.395 e. The van der Waals surface area contributed by atoms with Crippen LogP contribution in [0.2, 0.25) is 0 Å². The van der Waals surface area contributed by atoms with Crippen LogP contribution in [-0.2, 0) is 6.42 Å². The Morgan fingerprint density at radius 2 is 2.20 bits per heavy atom. The summed E-state index contributed by atoms with van der Waals surface area (Å²) in [6, 6.07) is 7.63. The van der Waals surface area contributed by atoms with Crippen LogP contribution >= 0.6 is 11.8 Å². The quantitative estimate of drug-likeness (QED) is 0.739. The Bertz CT molecular complexity index is 609. The predicted octanol–water partition coefficient (Wildman–Crippen LogP) is 2.92. The van der Waals surface area contributed by atoms with Crippen molar-refractivity contribution in [2.45, 2.75) is 24.7 Å². The molecule has 2 rings (SSSR count). The fourth-order valence-corrected chi connectivity index (χ4v) is 2.48. The van der Waals surface area contributed by atoms with Crippen molar-refractivity contribution in [3.63, 3.8) is 0 Å². The van der Waals surface area contributed by atoms with Crippen molar-refractivity contribution in [1.82, 2.24) is 10.2 Å². The fourth-order valence-electron chi connectivity index (χ4n) is 1.93. The van der Waals surface area contributed by atoms with Gasteiger partial charge < -0.3 is 11.1 Å². The Morgan fingerprint density at radius 1 is 1.45 bits per heavy atom. The van der Waals surface area contributed by atoms with E-state index in [-0.39, 0.29) is 11.6 Å². The number of aromatic amines is 1. The number of H-pyrrole nitrogens is 1. The Hall–Kier alpha value is -1.95. The molecule has 0 aliphatic heterocycles. The van der Waals surface area contributed by atoms with Crippen LogP contribution in [0.5, 0.6) is 0 Å². The lowest BCUT2D eigenvalue weighted by molar-refractivity contribution is 0.102. The molecule has 0 saturated carbocycles. The van der Waals surface area contributed by atoms with Gasteiger partial charge in [-0.2, -0.15) is 5.10 Å². The first-order valence-electron chi connectivity index (χ1n) is 6.44. The topological polar surface area (TPSA) is 83.8 Å². The van der Waals surface area contributed by atoms with Crippen LogP contribution in [0.1, 0.15) is 29.5 Å². The van der Waals surface area contributed by atoms with Crippen molar-refractivity contribution >= 4 is 29.0 Å². The number of aromatic nitrogens is 2. The maximum absolute atomic E-state index is 12.2. The van der Waals surface area contributed by atoms with Crippen LogP contribution in [0, 0.1) is 0 Å². The molecular weight excluding hydrogens is 272 g/mol. The summed E-state index contributed by atoms with van der Waals surface area (Å²) >= 11 is 1.58. The molecule has 5 nitrogen and oxygen atoms in total. The number of para-hydroxylation sites is 1. The molecule has 1 aromatic carbocycles. The van der Waals surface area contributed by atoms with E-state index in [4.69, 9.17) is 5.73 Å². The van der Waals surface area contributed by atoms with E-state index in [1.807, 2.05) is 30.5 Å². The molecule has 20 heavy (non-hydrogen) atoms. The molecular formula is C14H18N4OS. The molecule has 1 amide bonds. The van der Waals surface area contributed by atoms with Crippen LogP contribution in [-0.4, -0.2) is 22.4 Å². The third-order valence-corrected chi connectivity index (χ3v) is 3.75. The fraction of sp³-hybridized carbons (Fsp3) is 0.286. The van der Waals surface area contributed by atoms with E-state index in [0.29, 0.717) is 5.69 Å². The number of thioether (sulfide) groups is 1. The highest BCUT2D eigenvalue weighted by molar-refractivity contribution is 7.98. The second-order valence-electron chi connectivity index (χ2n) is 4.37. The summed E-state index contributed by atoms with van der Waals surface area (Å²) in [5.74, 6) is -0.289. The molecule has 0 spiro atoms. The maximum Gasteiger partial charge on any atom is 0.278 e. The highest BCUT2D eigenvalue weighted by atomic mass is 32.2. The monoisotopic (exact) mass is 290 g/mol. The van der Waals surface area contributed by atoms with Crippen LogP contribution in [0.3, 0.4) is 0 Å². The number of hydrogen-bond acceptors (Lipinski definition) is 4. The zero-order valence-corrected chi connectivity index (χ0v) is 12.4. The Kier molecular flexibility index (Phi) is 4.68. The number of amides is 1. The molecule has 0 bridgehead atoms. The molecule has 6 heteroatoms. The molecule has 0 fully saturated rings. The Morgan fingerprint density at radius 3 is 2.90 bits per heavy atom. The standard InChI is InChI=1S/C14H18N4OS/c1-3-6-10-12(15)13(18-17-10)14(19)16-9-7-4-5-8-11(9)20-2/h4-5,7-8H,3,6,15H2,1-2H3,(H,16,19)(H,17,18). The molecule has 0 saturated heterocycles. The van der Waals surface area contributed by atoms with Gasteiger partial charge in [-0.1, -0.05) is 25.5 Å². The highest BCUT2D eigenvalue weighted by Gasteiger charge is 2.17. The van der Waals surface area contributed by atoms with Crippen molar-refractivity contribution in [3.05, 3.63) is 35.7 Å². The summed E-state index contributed by atoms with van der Waals surface area (Å²) in [4.78, 5) is 13.2. The molecule has 1 heterocycles. The number of aryl methyl sites for hydroxylation is 1. The summed E-state index contributed by atoms with van der Waals surface area (Å²) < 4.78 is 0. The van der Waals surface area contributed by atoms with Gasteiger partial charge in [-0.3, -0.25) is 9.89 Å². The van der Waals surface area contributed by atoms with E-state index in [1.165, 1.54) is 0 Å². The van der Waals surface area contributed by atoms with E-state index in [1.54, 1.807) is 11.8 Å². The molecule has 0 aliphatic rings. The van der Waals surface area contributed by atoms with Crippen molar-refractivity contribution in [3.8, 4) is 0 Å². The number of anilines is 2. The minimum atomic E-state index is -0.289. The summed E-state index contributed by atoms with van der Waals surface area (Å²) in [5, 5.41) is 9.70. The smallest absolute Gasteiger partial charge is 0.278 e. The van der Waals surface area contributed by atoms with Gasteiger partial charge in [-0.25, -0.2) is 0 Å². The van der Waals surface area contributed by atoms with Crippen molar-refractivity contribution in [2.24, 2.45) is 0 Å². The summed E-state index contributed by atoms with van der Waals surface area (Å²) in [7, 11) is 0. The number of carbonyl (C=O) groups is 1. The lowest BCUT2D eigenvalue weighted by Gasteiger charge is -2.08. The number of benzene rings is 1. The van der Waals surface area contributed by atoms with Crippen LogP contribution in [0.4, 0.5) is 11.4 Å². The van der Waals surface area contributed by atoms with Crippen molar-refractivity contribution in [1.29, 1.82) is 0 Å². The Balaban J connectivity index is 2.20. The maximum atomic E-state index is 12.2. The number of nitrogens with one attached hydrogen (secondary N) is 2. The SMILES string of the molecule is CCCc1[nH]nc(C(=O)Nc2ccccc2SC)c1N. The average Bonchev–Trinajstić information content (AvgIpc) is 2.81. The van der Waals surface area contributed by atoms with Gasteiger partial charge in [0.25, 0.3) is 5.91 Å². The lowest BCUT2D eigenvalue weighted by atomic mass is 10.2. The molecule has 1 aromatic heterocycles. The van der Waals surface area contributed by atoms with E-state index in [2.05, 4.69) is 22.4 Å². The second kappa shape index (κ2) is 6.47. The third kappa shape index (κ3) is 2.96. The summed E-state index contributed by atoms with van der Waals surface area (Å²) in [6.07, 6.45) is 3.70. The molecule has 0 unspecified atom stereocenters. The largest absolute Gasteiger partial charge is 0.395 e. The number of nitrogens with two attached hydrogens (primary N) is 1. The van der Waals surface area contributed by atoms with Gasteiger partial charge in [-0.15, -0.1) is 11.8 Å². The normalized spacial score (nSPS) is 10.5. The third-order valence-electron chi connectivity index (χ3n) is 2.95. The molecule has 4 N–H and O–H groups in total. The van der Waals surface area contributed by atoms with Crippen molar-refractivity contribution < 1.29 is 4.79 Å². The molecule has 106 valence electrons. The number of nitrogen functional groups attached to an aromatic ring is 1. The molecule has 2 aromatic rings. The van der Waals surface area contributed by atoms with Crippen LogP contribution in [0.15, 0.2) is 29.2 Å². The van der Waals surface area contributed by atoms with Gasteiger partial charge in [0, 0.05) is 4.90 Å². The second-order valence-corrected chi connectivity index (χ2v) is 5.22. The average molecular weight is 290 g/mol. The zero-order chi connectivity index (χ0) is 14.5. The highest BCUT2D eigenvalue weighted by Crippen LogP contribution is 2.25. The number of rotatable bonds is 5. The van der Waals surface area contributed by atoms with Crippen LogP contribution in [0.25, 0.3) is 0 Å². The molecule has 0 aliphatic carbocycles. The van der Waals surface area contributed by atoms with Gasteiger partial charge in [0.1, 0.15) is 0 Å². The van der Waals surface area contributed by atoms with E-state index < -0.39 is 0 Å². The summed E-state index contributed by atoms with van der Waals surface area (Å²) in [6.45, 7) is 2.05. The van der Waals surface area contributed by atoms with E-state index in [9.17, 15) is 4.79 Å². The molecule has 0 radical (unpaired) electrons. The number of carbonyl (C=O) groups excluding carboxylic acids is 1. The van der Waals surface area contributed by atoms with E-state index in [0.717, 1.165) is 29.1 Å². The van der Waals surface area contributed by atoms with E-state index >= 15 is 0 Å². The molecule has 0 atom stereocenters. The first kappa shape index (κ1) is 14.5. The van der Waals surface area contributed by atoms with Gasteiger partial charge in [0.2, 0.25) is 0 Å². The van der Waals surface area contributed by atoms with Gasteiger partial charge >= 0.3 is 0 Å². The predicted molar refractivity (Wildman–Crippen MR) is 83.2 cm³/mol. The van der Waals surface area contributed by atoms with Gasteiger partial charge in [0.15, 0.2) is 5.69 Å². The minimum absolute atomic E-state index is 0.254. The number of nitrogens with zero attached hydrogens (tertiary/aromatic N) is 1.